The summed E-state index contributed by atoms with van der Waals surface area (Å²) in [4.78, 5) is 2.03. The zero-order valence-corrected chi connectivity index (χ0v) is 14.4. The fourth-order valence-electron chi connectivity index (χ4n) is 3.99. The average Bonchev–Trinajstić information content (AvgIpc) is 3.04. The molecule has 0 amide bonds. The number of benzene rings is 2. The molecule has 0 saturated carbocycles. The summed E-state index contributed by atoms with van der Waals surface area (Å²) >= 11 is 0. The third kappa shape index (κ3) is 3.70. The predicted molar refractivity (Wildman–Crippen MR) is 98.3 cm³/mol. The van der Waals surface area contributed by atoms with Gasteiger partial charge >= 0.3 is 0 Å². The molecule has 2 N–H and O–H groups in total. The van der Waals surface area contributed by atoms with Gasteiger partial charge in [0.2, 0.25) is 0 Å². The second-order valence-electron chi connectivity index (χ2n) is 7.26. The molecular formula is C21H25FN2O. The Kier molecular flexibility index (Phi) is 4.73. The number of aliphatic hydroxyl groups is 1. The van der Waals surface area contributed by atoms with Gasteiger partial charge in [-0.2, -0.15) is 0 Å². The number of nitrogens with one attached hydrogen (secondary N) is 1. The molecule has 4 rings (SSSR count). The van der Waals surface area contributed by atoms with Crippen LogP contribution in [0.3, 0.4) is 0 Å². The van der Waals surface area contributed by atoms with Gasteiger partial charge in [0, 0.05) is 25.7 Å². The summed E-state index contributed by atoms with van der Waals surface area (Å²) in [5.74, 6) is -0.162. The van der Waals surface area contributed by atoms with Gasteiger partial charge < -0.3 is 15.3 Å². The number of piperidine rings is 1. The first kappa shape index (κ1) is 16.6. The first-order valence-corrected chi connectivity index (χ1v) is 9.20. The van der Waals surface area contributed by atoms with Crippen LogP contribution in [0.2, 0.25) is 0 Å². The Labute approximate surface area is 148 Å². The monoisotopic (exact) mass is 340 g/mol. The highest BCUT2D eigenvalue weighted by Crippen LogP contribution is 2.25. The molecule has 1 heterocycles. The first-order valence-electron chi connectivity index (χ1n) is 9.20. The van der Waals surface area contributed by atoms with E-state index in [-0.39, 0.29) is 11.9 Å². The van der Waals surface area contributed by atoms with Gasteiger partial charge in [-0.25, -0.2) is 4.39 Å². The van der Waals surface area contributed by atoms with E-state index in [9.17, 15) is 9.50 Å². The topological polar surface area (TPSA) is 35.5 Å². The van der Waals surface area contributed by atoms with Crippen LogP contribution >= 0.6 is 0 Å². The SMILES string of the molecule is OC1CCN(c2ccc(CNC3Cc4ccccc4C3)cc2F)CC1. The highest BCUT2D eigenvalue weighted by molar-refractivity contribution is 5.49. The Morgan fingerprint density at radius 1 is 1.04 bits per heavy atom. The Morgan fingerprint density at radius 3 is 2.36 bits per heavy atom. The molecule has 132 valence electrons. The van der Waals surface area contributed by atoms with Crippen LogP contribution in [0, 0.1) is 5.82 Å². The summed E-state index contributed by atoms with van der Waals surface area (Å²) in [6, 6.07) is 14.6. The average molecular weight is 340 g/mol. The Bertz CT molecular complexity index is 715. The van der Waals surface area contributed by atoms with E-state index in [4.69, 9.17) is 0 Å². The van der Waals surface area contributed by atoms with Gasteiger partial charge in [0.1, 0.15) is 5.82 Å². The summed E-state index contributed by atoms with van der Waals surface area (Å²) in [5.41, 5.74) is 4.49. The van der Waals surface area contributed by atoms with E-state index in [0.29, 0.717) is 31.1 Å². The largest absolute Gasteiger partial charge is 0.393 e. The summed E-state index contributed by atoms with van der Waals surface area (Å²) in [7, 11) is 0. The molecule has 2 aromatic carbocycles. The molecule has 25 heavy (non-hydrogen) atoms. The van der Waals surface area contributed by atoms with Crippen LogP contribution in [0.5, 0.6) is 0 Å². The lowest BCUT2D eigenvalue weighted by Crippen LogP contribution is -2.36. The number of halogens is 1. The summed E-state index contributed by atoms with van der Waals surface area (Å²) in [6.07, 6.45) is 3.29. The van der Waals surface area contributed by atoms with E-state index in [0.717, 1.165) is 31.5 Å². The van der Waals surface area contributed by atoms with E-state index in [1.54, 1.807) is 6.07 Å². The quantitative estimate of drug-likeness (QED) is 0.898. The summed E-state index contributed by atoms with van der Waals surface area (Å²) < 4.78 is 14.5. The number of hydrogen-bond donors (Lipinski definition) is 2. The number of rotatable bonds is 4. The molecule has 0 unspecified atom stereocenters. The molecular weight excluding hydrogens is 315 g/mol. The Morgan fingerprint density at radius 2 is 1.72 bits per heavy atom. The molecule has 1 aliphatic heterocycles. The molecule has 2 aliphatic rings. The van der Waals surface area contributed by atoms with Crippen molar-refractivity contribution in [3.8, 4) is 0 Å². The maximum absolute atomic E-state index is 14.5. The summed E-state index contributed by atoms with van der Waals surface area (Å²) in [6.45, 7) is 2.13. The molecule has 0 atom stereocenters. The Balaban J connectivity index is 1.35. The van der Waals surface area contributed by atoms with E-state index < -0.39 is 0 Å². The summed E-state index contributed by atoms with van der Waals surface area (Å²) in [5, 5.41) is 13.2. The number of nitrogens with zero attached hydrogens (tertiary/aromatic N) is 1. The minimum Gasteiger partial charge on any atom is -0.393 e. The van der Waals surface area contributed by atoms with Gasteiger partial charge in [0.15, 0.2) is 0 Å². The molecule has 2 aromatic rings. The molecule has 0 aromatic heterocycles. The van der Waals surface area contributed by atoms with Gasteiger partial charge in [-0.3, -0.25) is 0 Å². The lowest BCUT2D eigenvalue weighted by atomic mass is 10.1. The lowest BCUT2D eigenvalue weighted by molar-refractivity contribution is 0.145. The number of hydrogen-bond acceptors (Lipinski definition) is 3. The van der Waals surface area contributed by atoms with E-state index >= 15 is 0 Å². The van der Waals surface area contributed by atoms with Crippen molar-refractivity contribution in [2.24, 2.45) is 0 Å². The van der Waals surface area contributed by atoms with Gasteiger partial charge in [0.05, 0.1) is 11.8 Å². The minimum atomic E-state index is -0.238. The van der Waals surface area contributed by atoms with E-state index in [2.05, 4.69) is 29.6 Å². The van der Waals surface area contributed by atoms with Crippen molar-refractivity contribution in [2.75, 3.05) is 18.0 Å². The van der Waals surface area contributed by atoms with Gasteiger partial charge in [-0.05, 0) is 54.5 Å². The van der Waals surface area contributed by atoms with Crippen molar-refractivity contribution >= 4 is 5.69 Å². The van der Waals surface area contributed by atoms with Crippen molar-refractivity contribution in [2.45, 2.75) is 44.4 Å². The molecule has 4 heteroatoms. The smallest absolute Gasteiger partial charge is 0.146 e. The standard InChI is InChI=1S/C21H25FN2O/c22-20-11-15(5-6-21(20)24-9-7-19(25)8-10-24)14-23-18-12-16-3-1-2-4-17(16)13-18/h1-6,11,18-19,23,25H,7-10,12-14H2. The highest BCUT2D eigenvalue weighted by Gasteiger charge is 2.21. The molecule has 0 radical (unpaired) electrons. The fraction of sp³-hybridized carbons (Fsp3) is 0.429. The van der Waals surface area contributed by atoms with Crippen LogP contribution < -0.4 is 10.2 Å². The van der Waals surface area contributed by atoms with Crippen LogP contribution in [0.4, 0.5) is 10.1 Å². The lowest BCUT2D eigenvalue weighted by Gasteiger charge is -2.31. The van der Waals surface area contributed by atoms with Crippen LogP contribution in [0.25, 0.3) is 0 Å². The second-order valence-corrected chi connectivity index (χ2v) is 7.26. The number of anilines is 1. The molecule has 1 saturated heterocycles. The third-order valence-electron chi connectivity index (χ3n) is 5.46. The van der Waals surface area contributed by atoms with Crippen LogP contribution in [-0.2, 0) is 19.4 Å². The van der Waals surface area contributed by atoms with Crippen molar-refractivity contribution in [3.05, 3.63) is 65.0 Å². The van der Waals surface area contributed by atoms with Crippen LogP contribution in [-0.4, -0.2) is 30.3 Å². The van der Waals surface area contributed by atoms with Crippen molar-refractivity contribution in [1.29, 1.82) is 0 Å². The first-order chi connectivity index (χ1) is 12.2. The van der Waals surface area contributed by atoms with Gasteiger partial charge in [0.25, 0.3) is 0 Å². The molecule has 0 spiro atoms. The van der Waals surface area contributed by atoms with Gasteiger partial charge in [-0.1, -0.05) is 30.3 Å². The van der Waals surface area contributed by atoms with E-state index in [1.165, 1.54) is 11.1 Å². The third-order valence-corrected chi connectivity index (χ3v) is 5.46. The highest BCUT2D eigenvalue weighted by atomic mass is 19.1. The van der Waals surface area contributed by atoms with Crippen molar-refractivity contribution in [1.82, 2.24) is 5.32 Å². The fourth-order valence-corrected chi connectivity index (χ4v) is 3.99. The molecule has 0 bridgehead atoms. The van der Waals surface area contributed by atoms with Crippen molar-refractivity contribution < 1.29 is 9.50 Å². The Hall–Kier alpha value is -1.91. The maximum Gasteiger partial charge on any atom is 0.146 e. The van der Waals surface area contributed by atoms with Crippen LogP contribution in [0.15, 0.2) is 42.5 Å². The maximum atomic E-state index is 14.5. The number of fused-ring (bicyclic) bond motifs is 1. The van der Waals surface area contributed by atoms with E-state index in [1.807, 2.05) is 17.0 Å². The zero-order valence-electron chi connectivity index (χ0n) is 14.4. The molecule has 3 nitrogen and oxygen atoms in total. The normalized spacial score (nSPS) is 18.6. The zero-order chi connectivity index (χ0) is 17.2. The molecule has 1 fully saturated rings. The van der Waals surface area contributed by atoms with Crippen molar-refractivity contribution in [3.63, 3.8) is 0 Å². The minimum absolute atomic E-state index is 0.162. The van der Waals surface area contributed by atoms with Crippen LogP contribution in [0.1, 0.15) is 29.5 Å². The molecule has 1 aliphatic carbocycles. The predicted octanol–water partition coefficient (Wildman–Crippen LogP) is 3.04. The second kappa shape index (κ2) is 7.14. The van der Waals surface area contributed by atoms with Gasteiger partial charge in [-0.15, -0.1) is 0 Å². The number of aliphatic hydroxyl groups excluding tert-OH is 1.